The van der Waals surface area contributed by atoms with E-state index in [1.807, 2.05) is 24.3 Å². The van der Waals surface area contributed by atoms with Gasteiger partial charge >= 0.3 is 0 Å². The van der Waals surface area contributed by atoms with Crippen LogP contribution >= 0.6 is 15.9 Å². The average molecular weight is 554 g/mol. The molecule has 0 radical (unpaired) electrons. The third-order valence-corrected chi connectivity index (χ3v) is 7.62. The average Bonchev–Trinajstić information content (AvgIpc) is 3.28. The molecule has 1 heterocycles. The Bertz CT molecular complexity index is 1160. The second kappa shape index (κ2) is 11.1. The monoisotopic (exact) mass is 553 g/mol. The molecular formula is C23H28BrN3O6S. The largest absolute Gasteiger partial charge is 0.454 e. The highest BCUT2D eigenvalue weighted by molar-refractivity contribution is 9.10. The first kappa shape index (κ1) is 25.8. The molecule has 34 heavy (non-hydrogen) atoms. The van der Waals surface area contributed by atoms with E-state index in [4.69, 9.17) is 9.47 Å². The first-order valence-corrected chi connectivity index (χ1v) is 13.3. The summed E-state index contributed by atoms with van der Waals surface area (Å²) in [6.07, 6.45) is 0. The molecule has 2 amide bonds. The van der Waals surface area contributed by atoms with Crippen molar-refractivity contribution in [1.82, 2.24) is 10.2 Å². The normalized spacial score (nSPS) is 13.3. The van der Waals surface area contributed by atoms with Crippen molar-refractivity contribution in [2.45, 2.75) is 33.4 Å². The number of anilines is 1. The van der Waals surface area contributed by atoms with Gasteiger partial charge in [0.05, 0.1) is 11.4 Å². The van der Waals surface area contributed by atoms with Gasteiger partial charge in [0.15, 0.2) is 11.5 Å². The Morgan fingerprint density at radius 1 is 1.12 bits per heavy atom. The van der Waals surface area contributed by atoms with E-state index in [9.17, 15) is 18.0 Å². The van der Waals surface area contributed by atoms with Gasteiger partial charge in [-0.25, -0.2) is 8.42 Å². The third kappa shape index (κ3) is 6.01. The van der Waals surface area contributed by atoms with Gasteiger partial charge in [-0.3, -0.25) is 13.9 Å². The van der Waals surface area contributed by atoms with Crippen molar-refractivity contribution >= 4 is 43.5 Å². The van der Waals surface area contributed by atoms with Gasteiger partial charge < -0.3 is 19.7 Å². The highest BCUT2D eigenvalue weighted by Gasteiger charge is 2.31. The molecule has 0 spiro atoms. The smallest absolute Gasteiger partial charge is 0.244 e. The Kier molecular flexibility index (Phi) is 8.42. The number of nitrogens with one attached hydrogen (secondary N) is 1. The van der Waals surface area contributed by atoms with E-state index in [0.29, 0.717) is 18.0 Å². The van der Waals surface area contributed by atoms with Crippen LogP contribution in [0.3, 0.4) is 0 Å². The van der Waals surface area contributed by atoms with Crippen LogP contribution in [0, 0.1) is 0 Å². The Morgan fingerprint density at radius 3 is 2.53 bits per heavy atom. The maximum atomic E-state index is 13.5. The predicted molar refractivity (Wildman–Crippen MR) is 132 cm³/mol. The van der Waals surface area contributed by atoms with E-state index in [1.165, 1.54) is 17.9 Å². The number of amides is 2. The molecule has 3 rings (SSSR count). The lowest BCUT2D eigenvalue weighted by Gasteiger charge is -2.31. The van der Waals surface area contributed by atoms with Gasteiger partial charge in [0.1, 0.15) is 12.6 Å². The lowest BCUT2D eigenvalue weighted by atomic mass is 10.1. The SMILES string of the molecule is CCNC(=O)[C@@H](C)N(Cc1cccc(Br)c1)C(=O)CN(c1ccc2c(c1)OCO2)S(=O)(=O)CC. The van der Waals surface area contributed by atoms with E-state index in [0.717, 1.165) is 14.3 Å². The van der Waals surface area contributed by atoms with E-state index in [1.54, 1.807) is 26.0 Å². The molecule has 184 valence electrons. The Balaban J connectivity index is 1.94. The molecule has 1 atom stereocenters. The van der Waals surface area contributed by atoms with Crippen LogP contribution < -0.4 is 19.1 Å². The minimum absolute atomic E-state index is 0.0444. The van der Waals surface area contributed by atoms with Gasteiger partial charge in [0.25, 0.3) is 0 Å². The molecule has 0 aliphatic carbocycles. The molecule has 0 saturated heterocycles. The molecule has 1 aliphatic rings. The van der Waals surface area contributed by atoms with Crippen molar-refractivity contribution in [2.24, 2.45) is 0 Å². The summed E-state index contributed by atoms with van der Waals surface area (Å²) in [7, 11) is -3.81. The number of carbonyl (C=O) groups excluding carboxylic acids is 2. The number of likely N-dealkylation sites (N-methyl/N-ethyl adjacent to an activating group) is 1. The maximum absolute atomic E-state index is 13.5. The minimum atomic E-state index is -3.81. The zero-order valence-electron chi connectivity index (χ0n) is 19.3. The zero-order chi connectivity index (χ0) is 24.9. The van der Waals surface area contributed by atoms with Crippen LogP contribution in [0.2, 0.25) is 0 Å². The van der Waals surface area contributed by atoms with Crippen molar-refractivity contribution in [3.63, 3.8) is 0 Å². The number of carbonyl (C=O) groups is 2. The van der Waals surface area contributed by atoms with Gasteiger partial charge in [-0.05, 0) is 50.6 Å². The molecule has 1 N–H and O–H groups in total. The predicted octanol–water partition coefficient (Wildman–Crippen LogP) is 2.89. The number of sulfonamides is 1. The summed E-state index contributed by atoms with van der Waals surface area (Å²) < 4.78 is 38.5. The van der Waals surface area contributed by atoms with Crippen LogP contribution in [0.1, 0.15) is 26.3 Å². The highest BCUT2D eigenvalue weighted by Crippen LogP contribution is 2.36. The summed E-state index contributed by atoms with van der Waals surface area (Å²) in [6, 6.07) is 11.3. The number of benzene rings is 2. The molecule has 9 nitrogen and oxygen atoms in total. The molecule has 11 heteroatoms. The Hall–Kier alpha value is -2.79. The number of nitrogens with zero attached hydrogens (tertiary/aromatic N) is 2. The van der Waals surface area contributed by atoms with Crippen molar-refractivity contribution in [1.29, 1.82) is 0 Å². The fourth-order valence-electron chi connectivity index (χ4n) is 3.50. The molecule has 0 bridgehead atoms. The number of fused-ring (bicyclic) bond motifs is 1. The fourth-order valence-corrected chi connectivity index (χ4v) is 5.00. The lowest BCUT2D eigenvalue weighted by molar-refractivity contribution is -0.139. The first-order chi connectivity index (χ1) is 16.2. The summed E-state index contributed by atoms with van der Waals surface area (Å²) in [4.78, 5) is 27.5. The molecule has 0 saturated carbocycles. The molecule has 1 aliphatic heterocycles. The van der Waals surface area contributed by atoms with Crippen LogP contribution in [0.15, 0.2) is 46.9 Å². The summed E-state index contributed by atoms with van der Waals surface area (Å²) in [5.74, 6) is -0.119. The van der Waals surface area contributed by atoms with E-state index in [-0.39, 0.29) is 30.7 Å². The lowest BCUT2D eigenvalue weighted by Crippen LogP contribution is -2.51. The maximum Gasteiger partial charge on any atom is 0.244 e. The standard InChI is InChI=1S/C23H28BrN3O6S/c1-4-25-23(29)16(3)26(13-17-7-6-8-18(24)11-17)22(28)14-27(34(30,31)5-2)19-9-10-20-21(12-19)33-15-32-20/h6-12,16H,4-5,13-15H2,1-3H3,(H,25,29)/t16-/m1/s1. The van der Waals surface area contributed by atoms with Crippen LogP contribution in [0.25, 0.3) is 0 Å². The van der Waals surface area contributed by atoms with E-state index >= 15 is 0 Å². The fraction of sp³-hybridized carbons (Fsp3) is 0.391. The summed E-state index contributed by atoms with van der Waals surface area (Å²) in [5, 5.41) is 2.73. The van der Waals surface area contributed by atoms with Gasteiger partial charge in [0.2, 0.25) is 28.6 Å². The van der Waals surface area contributed by atoms with Crippen molar-refractivity contribution in [3.8, 4) is 11.5 Å². The first-order valence-electron chi connectivity index (χ1n) is 10.9. The van der Waals surface area contributed by atoms with Crippen molar-refractivity contribution in [3.05, 3.63) is 52.5 Å². The van der Waals surface area contributed by atoms with Gasteiger partial charge in [-0.15, -0.1) is 0 Å². The number of ether oxygens (including phenoxy) is 2. The Morgan fingerprint density at radius 2 is 1.85 bits per heavy atom. The summed E-state index contributed by atoms with van der Waals surface area (Å²) in [6.45, 7) is 5.06. The van der Waals surface area contributed by atoms with Crippen LogP contribution in [-0.4, -0.2) is 56.8 Å². The van der Waals surface area contributed by atoms with E-state index in [2.05, 4.69) is 21.2 Å². The van der Waals surface area contributed by atoms with Crippen LogP contribution in [0.4, 0.5) is 5.69 Å². The molecule has 0 fully saturated rings. The zero-order valence-corrected chi connectivity index (χ0v) is 21.7. The van der Waals surface area contributed by atoms with Gasteiger partial charge in [0, 0.05) is 23.6 Å². The quantitative estimate of drug-likeness (QED) is 0.485. The topological polar surface area (TPSA) is 105 Å². The highest BCUT2D eigenvalue weighted by atomic mass is 79.9. The molecule has 0 aromatic heterocycles. The molecule has 0 unspecified atom stereocenters. The van der Waals surface area contributed by atoms with Crippen molar-refractivity contribution < 1.29 is 27.5 Å². The minimum Gasteiger partial charge on any atom is -0.454 e. The van der Waals surface area contributed by atoms with Crippen LogP contribution in [0.5, 0.6) is 11.5 Å². The van der Waals surface area contributed by atoms with Crippen LogP contribution in [-0.2, 0) is 26.2 Å². The second-order valence-electron chi connectivity index (χ2n) is 7.67. The third-order valence-electron chi connectivity index (χ3n) is 5.38. The number of halogens is 1. The second-order valence-corrected chi connectivity index (χ2v) is 10.8. The molecule has 2 aromatic carbocycles. The molecule has 2 aromatic rings. The summed E-state index contributed by atoms with van der Waals surface area (Å²) >= 11 is 3.42. The van der Waals surface area contributed by atoms with E-state index < -0.39 is 28.5 Å². The summed E-state index contributed by atoms with van der Waals surface area (Å²) in [5.41, 5.74) is 1.08. The number of hydrogen-bond donors (Lipinski definition) is 1. The Labute approximate surface area is 208 Å². The number of hydrogen-bond acceptors (Lipinski definition) is 6. The number of rotatable bonds is 10. The van der Waals surface area contributed by atoms with Gasteiger partial charge in [-0.2, -0.15) is 0 Å². The van der Waals surface area contributed by atoms with Crippen molar-refractivity contribution in [2.75, 3.05) is 29.9 Å². The van der Waals surface area contributed by atoms with Gasteiger partial charge in [-0.1, -0.05) is 28.1 Å². The molecular weight excluding hydrogens is 526 g/mol.